The van der Waals surface area contributed by atoms with Crippen LogP contribution in [0.25, 0.3) is 58.1 Å². The fourth-order valence-electron chi connectivity index (χ4n) is 8.56. The van der Waals surface area contributed by atoms with Crippen LogP contribution in [0.4, 0.5) is 11.4 Å². The summed E-state index contributed by atoms with van der Waals surface area (Å²) in [5.74, 6) is 0.300. The summed E-state index contributed by atoms with van der Waals surface area (Å²) in [7, 11) is 0. The molecule has 0 amide bonds. The molecule has 7 aromatic carbocycles. The summed E-state index contributed by atoms with van der Waals surface area (Å²) in [5, 5.41) is 10.6. The molecule has 0 saturated carbocycles. The maximum Gasteiger partial charge on any atom is 0.0602 e. The first-order valence-electron chi connectivity index (χ1n) is 16.6. The first-order chi connectivity index (χ1) is 23.1. The SMILES string of the molecule is CC1(C)c2cc3c4ccccc4c4ccccc4c3cc2N(c2ccccc2)C2C=C(c3ccc4sc5ccccc5c4c3)C=CC21. The third-order valence-corrected chi connectivity index (χ3v) is 12.0. The molecule has 47 heavy (non-hydrogen) atoms. The third-order valence-electron chi connectivity index (χ3n) is 10.9. The Balaban J connectivity index is 1.23. The van der Waals surface area contributed by atoms with Crippen molar-refractivity contribution in [3.05, 3.63) is 163 Å². The average molecular weight is 620 g/mol. The summed E-state index contributed by atoms with van der Waals surface area (Å²) < 4.78 is 2.69. The van der Waals surface area contributed by atoms with E-state index in [0.29, 0.717) is 5.92 Å². The van der Waals surface area contributed by atoms with Crippen LogP contribution in [-0.2, 0) is 5.41 Å². The van der Waals surface area contributed by atoms with Gasteiger partial charge in [0.25, 0.3) is 0 Å². The van der Waals surface area contributed by atoms with E-state index in [4.69, 9.17) is 0 Å². The molecule has 2 heterocycles. The van der Waals surface area contributed by atoms with Crippen LogP contribution in [-0.4, -0.2) is 6.04 Å². The number of rotatable bonds is 2. The highest BCUT2D eigenvalue weighted by molar-refractivity contribution is 7.25. The van der Waals surface area contributed by atoms with E-state index < -0.39 is 0 Å². The van der Waals surface area contributed by atoms with E-state index in [9.17, 15) is 0 Å². The molecule has 0 spiro atoms. The Kier molecular flexibility index (Phi) is 5.69. The van der Waals surface area contributed by atoms with Gasteiger partial charge >= 0.3 is 0 Å². The van der Waals surface area contributed by atoms with Crippen molar-refractivity contribution in [3.8, 4) is 0 Å². The number of fused-ring (bicyclic) bond motifs is 11. The molecular weight excluding hydrogens is 587 g/mol. The van der Waals surface area contributed by atoms with Crippen molar-refractivity contribution in [1.82, 2.24) is 0 Å². The summed E-state index contributed by atoms with van der Waals surface area (Å²) in [6.07, 6.45) is 7.43. The minimum Gasteiger partial charge on any atom is -0.334 e. The Morgan fingerprint density at radius 3 is 1.87 bits per heavy atom. The van der Waals surface area contributed by atoms with Gasteiger partial charge in [-0.25, -0.2) is 0 Å². The second kappa shape index (κ2) is 9.91. The number of nitrogens with zero attached hydrogens (tertiary/aromatic N) is 1. The van der Waals surface area contributed by atoms with Gasteiger partial charge < -0.3 is 4.90 Å². The lowest BCUT2D eigenvalue weighted by molar-refractivity contribution is 0.333. The van der Waals surface area contributed by atoms with Crippen molar-refractivity contribution in [2.75, 3.05) is 4.90 Å². The molecule has 224 valence electrons. The van der Waals surface area contributed by atoms with E-state index >= 15 is 0 Å². The Hall–Kier alpha value is -5.18. The van der Waals surface area contributed by atoms with Gasteiger partial charge in [-0.1, -0.05) is 123 Å². The van der Waals surface area contributed by atoms with Gasteiger partial charge in [0.1, 0.15) is 0 Å². The topological polar surface area (TPSA) is 3.24 Å². The number of para-hydroxylation sites is 1. The number of benzene rings is 7. The number of hydrogen-bond donors (Lipinski definition) is 0. The van der Waals surface area contributed by atoms with E-state index in [0.717, 1.165) is 0 Å². The first kappa shape index (κ1) is 27.0. The van der Waals surface area contributed by atoms with Crippen molar-refractivity contribution in [3.63, 3.8) is 0 Å². The van der Waals surface area contributed by atoms with Crippen molar-refractivity contribution >= 4 is 80.8 Å². The Labute approximate surface area is 278 Å². The largest absolute Gasteiger partial charge is 0.334 e. The van der Waals surface area contributed by atoms with E-state index in [1.165, 1.54) is 80.6 Å². The Bertz CT molecular complexity index is 2620. The molecule has 0 bridgehead atoms. The van der Waals surface area contributed by atoms with Crippen molar-refractivity contribution in [1.29, 1.82) is 0 Å². The monoisotopic (exact) mass is 619 g/mol. The molecule has 2 heteroatoms. The molecule has 0 N–H and O–H groups in total. The highest BCUT2D eigenvalue weighted by Gasteiger charge is 2.46. The van der Waals surface area contributed by atoms with Crippen LogP contribution in [0.2, 0.25) is 0 Å². The zero-order valence-corrected chi connectivity index (χ0v) is 27.3. The number of thiophene rings is 1. The lowest BCUT2D eigenvalue weighted by atomic mass is 9.64. The van der Waals surface area contributed by atoms with Crippen LogP contribution in [0.15, 0.2) is 152 Å². The van der Waals surface area contributed by atoms with Gasteiger partial charge in [0.15, 0.2) is 0 Å². The smallest absolute Gasteiger partial charge is 0.0602 e. The van der Waals surface area contributed by atoms with Gasteiger partial charge in [0, 0.05) is 42.9 Å². The lowest BCUT2D eigenvalue weighted by Gasteiger charge is -2.51. The summed E-state index contributed by atoms with van der Waals surface area (Å²) >= 11 is 1.88. The predicted octanol–water partition coefficient (Wildman–Crippen LogP) is 12.6. The van der Waals surface area contributed by atoms with E-state index in [1.54, 1.807) is 0 Å². The minimum atomic E-state index is -0.0851. The number of anilines is 2. The summed E-state index contributed by atoms with van der Waals surface area (Å²) in [5.41, 5.74) is 6.43. The predicted molar refractivity (Wildman–Crippen MR) is 204 cm³/mol. The van der Waals surface area contributed by atoms with Gasteiger partial charge in [-0.05, 0) is 91.5 Å². The van der Waals surface area contributed by atoms with Crippen LogP contribution < -0.4 is 4.90 Å². The quantitative estimate of drug-likeness (QED) is 0.174. The molecule has 8 aromatic rings. The molecule has 10 rings (SSSR count). The summed E-state index contributed by atoms with van der Waals surface area (Å²) in [6.45, 7) is 4.90. The maximum absolute atomic E-state index is 2.62. The fourth-order valence-corrected chi connectivity index (χ4v) is 9.65. The Morgan fingerprint density at radius 1 is 0.553 bits per heavy atom. The van der Waals surface area contributed by atoms with E-state index in [2.05, 4.69) is 170 Å². The highest BCUT2D eigenvalue weighted by Crippen LogP contribution is 2.54. The molecule has 2 unspecified atom stereocenters. The van der Waals surface area contributed by atoms with Crippen LogP contribution in [0.1, 0.15) is 25.0 Å². The van der Waals surface area contributed by atoms with Gasteiger partial charge in [0.05, 0.1) is 6.04 Å². The van der Waals surface area contributed by atoms with Crippen LogP contribution in [0.5, 0.6) is 0 Å². The highest BCUT2D eigenvalue weighted by atomic mass is 32.1. The van der Waals surface area contributed by atoms with Gasteiger partial charge in [-0.3, -0.25) is 0 Å². The standard InChI is InChI=1S/C45H33NS/c1-45(2)39-22-20-29(28-21-23-44-38(24-28)35-18-10-11-19-43(35)47-44)25-41(39)46(30-12-4-3-5-13-30)42-27-37-34-17-9-7-15-32(34)31-14-6-8-16-33(31)36(37)26-40(42)45/h3-27,39,41H,1-2H3. The second-order valence-corrected chi connectivity index (χ2v) is 14.8. The van der Waals surface area contributed by atoms with Crippen molar-refractivity contribution in [2.45, 2.75) is 25.3 Å². The van der Waals surface area contributed by atoms with Crippen molar-refractivity contribution in [2.24, 2.45) is 5.92 Å². The zero-order valence-electron chi connectivity index (χ0n) is 26.4. The van der Waals surface area contributed by atoms with E-state index in [-0.39, 0.29) is 11.5 Å². The Morgan fingerprint density at radius 2 is 1.15 bits per heavy atom. The molecule has 1 aromatic heterocycles. The summed E-state index contributed by atoms with van der Waals surface area (Å²) in [6, 6.07) is 49.9. The normalized spacial score (nSPS) is 18.6. The fraction of sp³-hybridized carbons (Fsp3) is 0.111. The van der Waals surface area contributed by atoms with Crippen LogP contribution >= 0.6 is 11.3 Å². The molecule has 0 radical (unpaired) electrons. The molecule has 2 atom stereocenters. The third kappa shape index (κ3) is 3.89. The molecule has 1 aliphatic heterocycles. The second-order valence-electron chi connectivity index (χ2n) is 13.7. The van der Waals surface area contributed by atoms with Gasteiger partial charge in [-0.15, -0.1) is 11.3 Å². The van der Waals surface area contributed by atoms with Crippen LogP contribution in [0, 0.1) is 5.92 Å². The molecular formula is C45H33NS. The van der Waals surface area contributed by atoms with Crippen LogP contribution in [0.3, 0.4) is 0 Å². The minimum absolute atomic E-state index is 0.0851. The average Bonchev–Trinajstić information content (AvgIpc) is 3.50. The molecule has 1 nitrogen and oxygen atoms in total. The molecule has 1 aliphatic carbocycles. The van der Waals surface area contributed by atoms with Gasteiger partial charge in [-0.2, -0.15) is 0 Å². The maximum atomic E-state index is 2.62. The van der Waals surface area contributed by atoms with Gasteiger partial charge in [0.2, 0.25) is 0 Å². The lowest BCUT2D eigenvalue weighted by Crippen LogP contribution is -2.50. The van der Waals surface area contributed by atoms with Crippen molar-refractivity contribution < 1.29 is 0 Å². The number of allylic oxidation sites excluding steroid dienone is 2. The zero-order chi connectivity index (χ0) is 31.3. The number of hydrogen-bond acceptors (Lipinski definition) is 2. The molecule has 2 aliphatic rings. The first-order valence-corrected chi connectivity index (χ1v) is 17.4. The van der Waals surface area contributed by atoms with E-state index in [1.807, 2.05) is 11.3 Å². The summed E-state index contributed by atoms with van der Waals surface area (Å²) in [4.78, 5) is 2.62. The molecule has 0 fully saturated rings. The molecule has 0 saturated heterocycles.